The van der Waals surface area contributed by atoms with Gasteiger partial charge in [-0.25, -0.2) is 0 Å². The molecule has 0 aliphatic carbocycles. The topological polar surface area (TPSA) is 40.5 Å². The van der Waals surface area contributed by atoms with Crippen LogP contribution in [0.4, 0.5) is 5.69 Å². The molecule has 1 N–H and O–H groups in total. The number of aliphatic carboxylic acids is 1. The molecular formula is C15H13ClINO2. The summed E-state index contributed by atoms with van der Waals surface area (Å²) in [5, 5.41) is 9.66. The van der Waals surface area contributed by atoms with Crippen LogP contribution in [0.25, 0.3) is 0 Å². The second kappa shape index (κ2) is 6.95. The van der Waals surface area contributed by atoms with Crippen LogP contribution in [0.3, 0.4) is 0 Å². The van der Waals surface area contributed by atoms with Crippen LogP contribution in [0.5, 0.6) is 0 Å². The smallest absolute Gasteiger partial charge is 0.323 e. The molecule has 0 fully saturated rings. The highest BCUT2D eigenvalue weighted by Crippen LogP contribution is 2.21. The van der Waals surface area contributed by atoms with Crippen molar-refractivity contribution in [2.75, 3.05) is 11.4 Å². The maximum atomic E-state index is 11.0. The molecule has 0 radical (unpaired) electrons. The fourth-order valence-corrected chi connectivity index (χ4v) is 2.43. The largest absolute Gasteiger partial charge is 0.480 e. The molecule has 3 nitrogen and oxygen atoms in total. The van der Waals surface area contributed by atoms with E-state index in [1.54, 1.807) is 17.0 Å². The van der Waals surface area contributed by atoms with E-state index in [1.165, 1.54) is 0 Å². The lowest BCUT2D eigenvalue weighted by Gasteiger charge is -2.23. The second-order valence-corrected chi connectivity index (χ2v) is 6.04. The highest BCUT2D eigenvalue weighted by molar-refractivity contribution is 14.1. The average molecular weight is 402 g/mol. The molecule has 0 saturated heterocycles. The predicted octanol–water partition coefficient (Wildman–Crippen LogP) is 4.04. The summed E-state index contributed by atoms with van der Waals surface area (Å²) in [6, 6.07) is 15.2. The van der Waals surface area contributed by atoms with Crippen LogP contribution in [0.2, 0.25) is 5.02 Å². The third-order valence-corrected chi connectivity index (χ3v) is 3.74. The Morgan fingerprint density at radius 2 is 1.90 bits per heavy atom. The van der Waals surface area contributed by atoms with E-state index in [-0.39, 0.29) is 6.54 Å². The van der Waals surface area contributed by atoms with Crippen molar-refractivity contribution in [1.29, 1.82) is 0 Å². The lowest BCUT2D eigenvalue weighted by Crippen LogP contribution is -2.29. The predicted molar refractivity (Wildman–Crippen MR) is 89.3 cm³/mol. The Bertz CT molecular complexity index is 601. The number of carbonyl (C=O) groups is 1. The lowest BCUT2D eigenvalue weighted by molar-refractivity contribution is -0.135. The normalized spacial score (nSPS) is 10.3. The van der Waals surface area contributed by atoms with E-state index >= 15 is 0 Å². The first-order chi connectivity index (χ1) is 9.54. The SMILES string of the molecule is O=C(O)CN(Cc1ccc(I)cc1)c1cccc(Cl)c1. The van der Waals surface area contributed by atoms with Crippen molar-refractivity contribution in [2.24, 2.45) is 0 Å². The summed E-state index contributed by atoms with van der Waals surface area (Å²) < 4.78 is 1.15. The first-order valence-electron chi connectivity index (χ1n) is 6.01. The number of hydrogen-bond acceptors (Lipinski definition) is 2. The van der Waals surface area contributed by atoms with Gasteiger partial charge in [-0.15, -0.1) is 0 Å². The summed E-state index contributed by atoms with van der Waals surface area (Å²) >= 11 is 8.21. The maximum Gasteiger partial charge on any atom is 0.323 e. The summed E-state index contributed by atoms with van der Waals surface area (Å²) in [7, 11) is 0. The average Bonchev–Trinajstić information content (AvgIpc) is 2.40. The quantitative estimate of drug-likeness (QED) is 0.769. The minimum absolute atomic E-state index is 0.0632. The zero-order chi connectivity index (χ0) is 14.5. The van der Waals surface area contributed by atoms with Gasteiger partial charge in [-0.3, -0.25) is 4.79 Å². The maximum absolute atomic E-state index is 11.0. The number of carboxylic acid groups (broad SMARTS) is 1. The van der Waals surface area contributed by atoms with E-state index in [2.05, 4.69) is 22.6 Å². The first kappa shape index (κ1) is 15.1. The van der Waals surface area contributed by atoms with Gasteiger partial charge in [-0.1, -0.05) is 29.8 Å². The van der Waals surface area contributed by atoms with E-state index in [1.807, 2.05) is 36.4 Å². The van der Waals surface area contributed by atoms with Crippen LogP contribution in [0, 0.1) is 3.57 Å². The highest BCUT2D eigenvalue weighted by atomic mass is 127. The van der Waals surface area contributed by atoms with Gasteiger partial charge in [0.05, 0.1) is 0 Å². The van der Waals surface area contributed by atoms with Crippen molar-refractivity contribution in [1.82, 2.24) is 0 Å². The number of anilines is 1. The Morgan fingerprint density at radius 1 is 1.20 bits per heavy atom. The number of nitrogens with zero attached hydrogens (tertiary/aromatic N) is 1. The summed E-state index contributed by atoms with van der Waals surface area (Å²) in [4.78, 5) is 12.8. The fraction of sp³-hybridized carbons (Fsp3) is 0.133. The molecule has 20 heavy (non-hydrogen) atoms. The van der Waals surface area contributed by atoms with Gasteiger partial charge < -0.3 is 10.0 Å². The van der Waals surface area contributed by atoms with Crippen LogP contribution >= 0.6 is 34.2 Å². The number of hydrogen-bond donors (Lipinski definition) is 1. The van der Waals surface area contributed by atoms with Crippen molar-refractivity contribution in [3.63, 3.8) is 0 Å². The molecule has 0 atom stereocenters. The molecule has 2 aromatic rings. The van der Waals surface area contributed by atoms with Crippen LogP contribution in [-0.4, -0.2) is 17.6 Å². The third kappa shape index (κ3) is 4.38. The first-order valence-corrected chi connectivity index (χ1v) is 7.47. The summed E-state index contributed by atoms with van der Waals surface area (Å²) in [5.41, 5.74) is 1.87. The molecule has 0 aromatic heterocycles. The Kier molecular flexibility index (Phi) is 5.25. The molecule has 0 saturated carbocycles. The van der Waals surface area contributed by atoms with E-state index in [0.29, 0.717) is 11.6 Å². The van der Waals surface area contributed by atoms with Crippen molar-refractivity contribution >= 4 is 45.8 Å². The monoisotopic (exact) mass is 401 g/mol. The van der Waals surface area contributed by atoms with Gasteiger partial charge in [0.25, 0.3) is 0 Å². The molecule has 104 valence electrons. The van der Waals surface area contributed by atoms with Crippen LogP contribution in [0.15, 0.2) is 48.5 Å². The van der Waals surface area contributed by atoms with Gasteiger partial charge in [0.1, 0.15) is 6.54 Å². The molecule has 0 aliphatic heterocycles. The molecule has 0 bridgehead atoms. The van der Waals surface area contributed by atoms with Gasteiger partial charge in [-0.05, 0) is 58.5 Å². The fourth-order valence-electron chi connectivity index (χ4n) is 1.88. The molecular weight excluding hydrogens is 389 g/mol. The molecule has 5 heteroatoms. The molecule has 0 amide bonds. The van der Waals surface area contributed by atoms with Crippen LogP contribution in [-0.2, 0) is 11.3 Å². The van der Waals surface area contributed by atoms with Crippen molar-refractivity contribution in [3.8, 4) is 0 Å². The van der Waals surface area contributed by atoms with Gasteiger partial charge in [0.2, 0.25) is 0 Å². The third-order valence-electron chi connectivity index (χ3n) is 2.79. The van der Waals surface area contributed by atoms with Gasteiger partial charge in [0, 0.05) is 20.8 Å². The van der Waals surface area contributed by atoms with Crippen molar-refractivity contribution in [3.05, 3.63) is 62.7 Å². The Labute approximate surface area is 136 Å². The molecule has 0 aliphatic rings. The number of rotatable bonds is 5. The zero-order valence-corrected chi connectivity index (χ0v) is 13.5. The molecule has 2 rings (SSSR count). The Balaban J connectivity index is 2.23. The minimum atomic E-state index is -0.865. The summed E-state index contributed by atoms with van der Waals surface area (Å²) in [6.45, 7) is 0.468. The lowest BCUT2D eigenvalue weighted by atomic mass is 10.2. The number of benzene rings is 2. The van der Waals surface area contributed by atoms with E-state index in [9.17, 15) is 4.79 Å². The van der Waals surface area contributed by atoms with E-state index < -0.39 is 5.97 Å². The van der Waals surface area contributed by atoms with E-state index in [0.717, 1.165) is 14.8 Å². The zero-order valence-electron chi connectivity index (χ0n) is 10.6. The summed E-state index contributed by atoms with van der Waals surface area (Å²) in [6.07, 6.45) is 0. The van der Waals surface area contributed by atoms with Gasteiger partial charge >= 0.3 is 5.97 Å². The molecule has 0 unspecified atom stereocenters. The van der Waals surface area contributed by atoms with Crippen LogP contribution < -0.4 is 4.90 Å². The van der Waals surface area contributed by atoms with Crippen molar-refractivity contribution < 1.29 is 9.90 Å². The van der Waals surface area contributed by atoms with Crippen LogP contribution in [0.1, 0.15) is 5.56 Å². The minimum Gasteiger partial charge on any atom is -0.480 e. The highest BCUT2D eigenvalue weighted by Gasteiger charge is 2.11. The molecule has 0 heterocycles. The van der Waals surface area contributed by atoms with Crippen molar-refractivity contribution in [2.45, 2.75) is 6.54 Å². The molecule has 2 aromatic carbocycles. The second-order valence-electron chi connectivity index (χ2n) is 4.36. The molecule has 0 spiro atoms. The standard InChI is InChI=1S/C15H13ClINO2/c16-12-2-1-3-14(8-12)18(10-15(19)20)9-11-4-6-13(17)7-5-11/h1-8H,9-10H2,(H,19,20). The Morgan fingerprint density at radius 3 is 2.50 bits per heavy atom. The Hall–Kier alpha value is -1.27. The van der Waals surface area contributed by atoms with Gasteiger partial charge in [0.15, 0.2) is 0 Å². The van der Waals surface area contributed by atoms with Gasteiger partial charge in [-0.2, -0.15) is 0 Å². The van der Waals surface area contributed by atoms with E-state index in [4.69, 9.17) is 16.7 Å². The summed E-state index contributed by atoms with van der Waals surface area (Å²) in [5.74, 6) is -0.865. The number of halogens is 2. The number of carboxylic acids is 1.